The molecule has 0 bridgehead atoms. The van der Waals surface area contributed by atoms with Crippen LogP contribution in [0.4, 0.5) is 0 Å². The molecule has 3 rings (SSSR count). The fraction of sp³-hybridized carbons (Fsp3) is 0.273. The van der Waals surface area contributed by atoms with Crippen LogP contribution in [0.2, 0.25) is 0 Å². The summed E-state index contributed by atoms with van der Waals surface area (Å²) < 4.78 is 1.46. The average molecular weight is 260 g/mol. The molecule has 3 heterocycles. The largest absolute Gasteiger partial charge is 0.332 e. The first-order valence-corrected chi connectivity index (χ1v) is 5.92. The van der Waals surface area contributed by atoms with Crippen molar-refractivity contribution in [1.29, 1.82) is 0 Å². The Kier molecular flexibility index (Phi) is 2.55. The first-order chi connectivity index (χ1) is 9.20. The van der Waals surface area contributed by atoms with Crippen molar-refractivity contribution in [3.05, 3.63) is 33.2 Å². The molecule has 0 aliphatic carbocycles. The second-order valence-electron chi connectivity index (χ2n) is 4.18. The van der Waals surface area contributed by atoms with E-state index in [2.05, 4.69) is 25.1 Å². The predicted octanol–water partition coefficient (Wildman–Crippen LogP) is 0.213. The van der Waals surface area contributed by atoms with E-state index in [4.69, 9.17) is 0 Å². The predicted molar refractivity (Wildman–Crippen MR) is 68.8 cm³/mol. The Bertz CT molecular complexity index is 823. The zero-order valence-corrected chi connectivity index (χ0v) is 10.2. The standard InChI is InChI=1S/C11H12N6O2/c1-2-3-17-9-7(10(18)16-11(17)19)14-8(15-9)6-4-12-13-5-6/h4-5H,2-3H2,1H3,(H,12,13)(H,14,15)(H,16,18,19). The van der Waals surface area contributed by atoms with E-state index in [0.717, 1.165) is 12.0 Å². The van der Waals surface area contributed by atoms with Gasteiger partial charge in [0.2, 0.25) is 0 Å². The molecule has 0 unspecified atom stereocenters. The highest BCUT2D eigenvalue weighted by Crippen LogP contribution is 2.16. The Morgan fingerprint density at radius 1 is 1.32 bits per heavy atom. The van der Waals surface area contributed by atoms with Crippen molar-refractivity contribution in [2.75, 3.05) is 0 Å². The van der Waals surface area contributed by atoms with E-state index in [1.54, 1.807) is 12.4 Å². The first kappa shape index (κ1) is 11.5. The molecule has 0 atom stereocenters. The number of imidazole rings is 1. The number of H-pyrrole nitrogens is 3. The van der Waals surface area contributed by atoms with Crippen LogP contribution in [0.15, 0.2) is 22.0 Å². The van der Waals surface area contributed by atoms with Crippen LogP contribution in [0.5, 0.6) is 0 Å². The Labute approximate surface area is 106 Å². The highest BCUT2D eigenvalue weighted by Gasteiger charge is 2.13. The smallest absolute Gasteiger partial charge is 0.330 e. The van der Waals surface area contributed by atoms with Gasteiger partial charge in [0.25, 0.3) is 5.56 Å². The van der Waals surface area contributed by atoms with E-state index in [0.29, 0.717) is 23.5 Å². The fourth-order valence-corrected chi connectivity index (χ4v) is 1.99. The summed E-state index contributed by atoms with van der Waals surface area (Å²) in [6.45, 7) is 2.45. The number of rotatable bonds is 3. The normalized spacial score (nSPS) is 11.2. The molecule has 0 aliphatic heterocycles. The number of nitrogens with zero attached hydrogens (tertiary/aromatic N) is 3. The van der Waals surface area contributed by atoms with Gasteiger partial charge in [0.15, 0.2) is 5.65 Å². The first-order valence-electron chi connectivity index (χ1n) is 5.92. The summed E-state index contributed by atoms with van der Waals surface area (Å²) in [5.41, 5.74) is 0.487. The van der Waals surface area contributed by atoms with Gasteiger partial charge in [-0.3, -0.25) is 19.4 Å². The third-order valence-corrected chi connectivity index (χ3v) is 2.85. The van der Waals surface area contributed by atoms with Gasteiger partial charge >= 0.3 is 5.69 Å². The van der Waals surface area contributed by atoms with Gasteiger partial charge in [0, 0.05) is 12.7 Å². The van der Waals surface area contributed by atoms with Crippen molar-refractivity contribution in [3.8, 4) is 11.4 Å². The summed E-state index contributed by atoms with van der Waals surface area (Å²) in [6.07, 6.45) is 4.03. The minimum absolute atomic E-state index is 0.296. The lowest BCUT2D eigenvalue weighted by Crippen LogP contribution is -2.30. The van der Waals surface area contributed by atoms with Gasteiger partial charge in [0.05, 0.1) is 11.8 Å². The Balaban J connectivity index is 2.32. The summed E-state index contributed by atoms with van der Waals surface area (Å²) in [4.78, 5) is 33.1. The van der Waals surface area contributed by atoms with E-state index < -0.39 is 11.2 Å². The molecule has 0 radical (unpaired) electrons. The highest BCUT2D eigenvalue weighted by molar-refractivity contribution is 5.74. The van der Waals surface area contributed by atoms with Crippen molar-refractivity contribution in [2.24, 2.45) is 0 Å². The van der Waals surface area contributed by atoms with Gasteiger partial charge < -0.3 is 4.98 Å². The maximum absolute atomic E-state index is 11.8. The molecule has 0 aliphatic rings. The van der Waals surface area contributed by atoms with Crippen LogP contribution in [0, 0.1) is 0 Å². The van der Waals surface area contributed by atoms with Crippen LogP contribution < -0.4 is 11.2 Å². The van der Waals surface area contributed by atoms with Crippen molar-refractivity contribution in [2.45, 2.75) is 19.9 Å². The molecular formula is C11H12N6O2. The maximum Gasteiger partial charge on any atom is 0.330 e. The number of aryl methyl sites for hydroxylation is 1. The SMILES string of the molecule is CCCn1c(=O)[nH]c(=O)c2[nH]c(-c3cn[nH]c3)nc21. The number of fused-ring (bicyclic) bond motifs is 1. The Morgan fingerprint density at radius 3 is 2.84 bits per heavy atom. The van der Waals surface area contributed by atoms with Crippen LogP contribution in [0.1, 0.15) is 13.3 Å². The lowest BCUT2D eigenvalue weighted by Gasteiger charge is -2.02. The van der Waals surface area contributed by atoms with E-state index in [-0.39, 0.29) is 0 Å². The molecule has 8 nitrogen and oxygen atoms in total. The summed E-state index contributed by atoms with van der Waals surface area (Å²) in [6, 6.07) is 0. The Morgan fingerprint density at radius 2 is 2.16 bits per heavy atom. The minimum Gasteiger partial charge on any atom is -0.332 e. The molecule has 0 amide bonds. The van der Waals surface area contributed by atoms with Gasteiger partial charge in [-0.25, -0.2) is 9.78 Å². The minimum atomic E-state index is -0.463. The molecule has 0 saturated heterocycles. The zero-order valence-electron chi connectivity index (χ0n) is 10.2. The van der Waals surface area contributed by atoms with E-state index in [1.165, 1.54) is 4.57 Å². The number of aromatic nitrogens is 6. The summed E-state index contributed by atoms with van der Waals surface area (Å²) in [7, 11) is 0. The van der Waals surface area contributed by atoms with E-state index in [9.17, 15) is 9.59 Å². The van der Waals surface area contributed by atoms with Gasteiger partial charge in [0.1, 0.15) is 11.3 Å². The van der Waals surface area contributed by atoms with Gasteiger partial charge in [-0.15, -0.1) is 0 Å². The molecule has 0 spiro atoms. The van der Waals surface area contributed by atoms with E-state index >= 15 is 0 Å². The Hall–Kier alpha value is -2.64. The topological polar surface area (TPSA) is 112 Å². The quantitative estimate of drug-likeness (QED) is 0.625. The number of nitrogens with one attached hydrogen (secondary N) is 3. The van der Waals surface area contributed by atoms with Crippen molar-refractivity contribution in [1.82, 2.24) is 29.7 Å². The number of aromatic amines is 3. The molecule has 3 aromatic rings. The van der Waals surface area contributed by atoms with Crippen molar-refractivity contribution in [3.63, 3.8) is 0 Å². The van der Waals surface area contributed by atoms with Gasteiger partial charge in [-0.1, -0.05) is 6.92 Å². The molecule has 3 N–H and O–H groups in total. The molecule has 0 saturated carbocycles. The van der Waals surface area contributed by atoms with Gasteiger partial charge in [-0.05, 0) is 6.42 Å². The van der Waals surface area contributed by atoms with Crippen molar-refractivity contribution < 1.29 is 0 Å². The summed E-state index contributed by atoms with van der Waals surface area (Å²) in [5.74, 6) is 0.504. The molecular weight excluding hydrogens is 248 g/mol. The highest BCUT2D eigenvalue weighted by atomic mass is 16.2. The molecule has 3 aromatic heterocycles. The lowest BCUT2D eigenvalue weighted by molar-refractivity contribution is 0.653. The van der Waals surface area contributed by atoms with Crippen molar-refractivity contribution >= 4 is 11.2 Å². The molecule has 98 valence electrons. The fourth-order valence-electron chi connectivity index (χ4n) is 1.99. The molecule has 0 aromatic carbocycles. The summed E-state index contributed by atoms with van der Waals surface area (Å²) in [5, 5.41) is 6.50. The molecule has 0 fully saturated rings. The second-order valence-corrected chi connectivity index (χ2v) is 4.18. The summed E-state index contributed by atoms with van der Waals surface area (Å²) >= 11 is 0. The van der Waals surface area contributed by atoms with Crippen LogP contribution in [-0.4, -0.2) is 29.7 Å². The van der Waals surface area contributed by atoms with Crippen LogP contribution >= 0.6 is 0 Å². The zero-order chi connectivity index (χ0) is 13.4. The number of hydrogen-bond acceptors (Lipinski definition) is 4. The van der Waals surface area contributed by atoms with Crippen LogP contribution in [-0.2, 0) is 6.54 Å². The average Bonchev–Trinajstić information content (AvgIpc) is 3.02. The van der Waals surface area contributed by atoms with Gasteiger partial charge in [-0.2, -0.15) is 5.10 Å². The maximum atomic E-state index is 11.8. The molecule has 19 heavy (non-hydrogen) atoms. The lowest BCUT2D eigenvalue weighted by atomic mass is 10.3. The third kappa shape index (κ3) is 1.77. The van der Waals surface area contributed by atoms with Crippen LogP contribution in [0.25, 0.3) is 22.6 Å². The molecule has 8 heteroatoms. The van der Waals surface area contributed by atoms with Crippen LogP contribution in [0.3, 0.4) is 0 Å². The van der Waals surface area contributed by atoms with E-state index in [1.807, 2.05) is 6.92 Å². The number of hydrogen-bond donors (Lipinski definition) is 3. The monoisotopic (exact) mass is 260 g/mol. The second kappa shape index (κ2) is 4.23. The third-order valence-electron chi connectivity index (χ3n) is 2.85.